The number of amides is 2. The predicted molar refractivity (Wildman–Crippen MR) is 74.9 cm³/mol. The number of anilines is 1. The average Bonchev–Trinajstić information content (AvgIpc) is 2.94. The second kappa shape index (κ2) is 6.37. The molecule has 0 radical (unpaired) electrons. The quantitative estimate of drug-likeness (QED) is 0.804. The van der Waals surface area contributed by atoms with Gasteiger partial charge in [-0.2, -0.15) is 5.10 Å². The van der Waals surface area contributed by atoms with Crippen LogP contribution in [0.25, 0.3) is 5.82 Å². The first-order valence-corrected chi connectivity index (χ1v) is 6.20. The van der Waals surface area contributed by atoms with E-state index in [1.807, 2.05) is 0 Å². The summed E-state index contributed by atoms with van der Waals surface area (Å²) < 4.78 is 0. The van der Waals surface area contributed by atoms with Gasteiger partial charge in [-0.25, -0.2) is 14.8 Å². The number of aromatic nitrogens is 4. The number of carbonyl (C=O) groups is 2. The number of carbonyl (C=O) groups excluding carboxylic acids is 1. The van der Waals surface area contributed by atoms with Gasteiger partial charge in [0.25, 0.3) is 5.91 Å². The van der Waals surface area contributed by atoms with Crippen LogP contribution < -0.4 is 5.32 Å². The monoisotopic (exact) mass is 326 g/mol. The molecule has 0 spiro atoms. The minimum absolute atomic E-state index is 0.0370. The summed E-state index contributed by atoms with van der Waals surface area (Å²) in [7, 11) is 2.77. The fraction of sp³-hybridized carbons (Fsp3) is 0.182. The molecule has 116 valence electrons. The first-order chi connectivity index (χ1) is 10.4. The number of carboxylic acid groups (broad SMARTS) is 1. The van der Waals surface area contributed by atoms with Crippen molar-refractivity contribution < 1.29 is 19.5 Å². The minimum Gasteiger partial charge on any atom is -0.465 e. The van der Waals surface area contributed by atoms with Gasteiger partial charge in [-0.3, -0.25) is 14.9 Å². The van der Waals surface area contributed by atoms with Gasteiger partial charge in [0.05, 0.1) is 30.2 Å². The van der Waals surface area contributed by atoms with Crippen molar-refractivity contribution in [1.29, 1.82) is 0 Å². The molecule has 0 saturated heterocycles. The van der Waals surface area contributed by atoms with Crippen molar-refractivity contribution in [1.82, 2.24) is 25.0 Å². The Labute approximate surface area is 129 Å². The largest absolute Gasteiger partial charge is 0.465 e. The van der Waals surface area contributed by atoms with Crippen LogP contribution in [0.3, 0.4) is 0 Å². The van der Waals surface area contributed by atoms with E-state index in [0.717, 1.165) is 9.86 Å². The molecular weight excluding hydrogens is 316 g/mol. The Kier molecular flexibility index (Phi) is 4.53. The van der Waals surface area contributed by atoms with Gasteiger partial charge < -0.3 is 5.11 Å². The molecule has 0 bridgehead atoms. The fourth-order valence-corrected chi connectivity index (χ4v) is 1.72. The Balaban J connectivity index is 2.28. The maximum absolute atomic E-state index is 11.8. The van der Waals surface area contributed by atoms with Crippen LogP contribution in [0.1, 0.15) is 10.5 Å². The molecule has 0 saturated carbocycles. The number of nitrogens with zero attached hydrogens (tertiary/aromatic N) is 5. The van der Waals surface area contributed by atoms with Crippen LogP contribution in [0, 0.1) is 0 Å². The van der Waals surface area contributed by atoms with E-state index < -0.39 is 12.0 Å². The zero-order valence-corrected chi connectivity index (χ0v) is 12.3. The van der Waals surface area contributed by atoms with Gasteiger partial charge in [0.2, 0.25) is 0 Å². The van der Waals surface area contributed by atoms with Gasteiger partial charge in [-0.05, 0) is 6.07 Å². The van der Waals surface area contributed by atoms with Crippen LogP contribution in [0.5, 0.6) is 0 Å². The standard InChI is InChI=1S/C11H11ClN6O4/c1-17(22-2)10(19)8-5-14-18(16-8)9-7(12)3-6(4-13-9)15-11(20)21/h3-5,15H,1-2H3,(H,20,21). The topological polar surface area (TPSA) is 122 Å². The Hall–Kier alpha value is -2.72. The predicted octanol–water partition coefficient (Wildman–Crippen LogP) is 1.04. The van der Waals surface area contributed by atoms with Gasteiger partial charge in [0.15, 0.2) is 11.5 Å². The highest BCUT2D eigenvalue weighted by Crippen LogP contribution is 2.20. The van der Waals surface area contributed by atoms with Crippen LogP contribution in [-0.4, -0.2) is 56.3 Å². The maximum Gasteiger partial charge on any atom is 0.409 e. The Morgan fingerprint density at radius 2 is 2.18 bits per heavy atom. The third-order valence-corrected chi connectivity index (χ3v) is 2.81. The van der Waals surface area contributed by atoms with Gasteiger partial charge in [0, 0.05) is 7.05 Å². The lowest BCUT2D eigenvalue weighted by Gasteiger charge is -2.10. The van der Waals surface area contributed by atoms with Crippen LogP contribution in [0.4, 0.5) is 10.5 Å². The molecule has 2 aromatic rings. The van der Waals surface area contributed by atoms with E-state index in [4.69, 9.17) is 21.5 Å². The van der Waals surface area contributed by atoms with Crippen LogP contribution in [0.2, 0.25) is 5.02 Å². The zero-order chi connectivity index (χ0) is 16.3. The number of rotatable bonds is 4. The molecule has 2 rings (SSSR count). The van der Waals surface area contributed by atoms with Crippen molar-refractivity contribution >= 4 is 29.3 Å². The zero-order valence-electron chi connectivity index (χ0n) is 11.5. The number of hydrogen-bond acceptors (Lipinski definition) is 6. The van der Waals surface area contributed by atoms with Crippen molar-refractivity contribution in [2.75, 3.05) is 19.5 Å². The SMILES string of the molecule is CON(C)C(=O)c1cnn(-c2ncc(NC(=O)O)cc2Cl)n1. The van der Waals surface area contributed by atoms with E-state index in [1.165, 1.54) is 32.6 Å². The van der Waals surface area contributed by atoms with E-state index in [-0.39, 0.29) is 22.2 Å². The number of pyridine rings is 1. The van der Waals surface area contributed by atoms with Crippen LogP contribution in [0.15, 0.2) is 18.5 Å². The highest BCUT2D eigenvalue weighted by molar-refractivity contribution is 6.32. The van der Waals surface area contributed by atoms with Gasteiger partial charge in [-0.1, -0.05) is 11.6 Å². The molecule has 10 nitrogen and oxygen atoms in total. The Bertz CT molecular complexity index is 718. The lowest BCUT2D eigenvalue weighted by Crippen LogP contribution is -2.25. The summed E-state index contributed by atoms with van der Waals surface area (Å²) in [6, 6.07) is 1.35. The summed E-state index contributed by atoms with van der Waals surface area (Å²) in [6.45, 7) is 0. The molecule has 2 heterocycles. The van der Waals surface area contributed by atoms with Crippen LogP contribution >= 0.6 is 11.6 Å². The molecule has 2 N–H and O–H groups in total. The normalized spacial score (nSPS) is 10.3. The highest BCUT2D eigenvalue weighted by atomic mass is 35.5. The Morgan fingerprint density at radius 1 is 1.45 bits per heavy atom. The number of nitrogens with one attached hydrogen (secondary N) is 1. The Morgan fingerprint density at radius 3 is 2.77 bits per heavy atom. The minimum atomic E-state index is -1.24. The number of hydrogen-bond donors (Lipinski definition) is 2. The second-order valence-corrected chi connectivity index (χ2v) is 4.37. The summed E-state index contributed by atoms with van der Waals surface area (Å²) in [5, 5.41) is 19.7. The molecule has 0 aliphatic rings. The molecule has 0 aliphatic heterocycles. The molecule has 11 heteroatoms. The third-order valence-electron chi connectivity index (χ3n) is 2.53. The van der Waals surface area contributed by atoms with Gasteiger partial charge >= 0.3 is 6.09 Å². The van der Waals surface area contributed by atoms with Crippen molar-refractivity contribution in [3.63, 3.8) is 0 Å². The van der Waals surface area contributed by atoms with E-state index in [2.05, 4.69) is 20.5 Å². The summed E-state index contributed by atoms with van der Waals surface area (Å²) >= 11 is 6.01. The molecule has 22 heavy (non-hydrogen) atoms. The average molecular weight is 327 g/mol. The van der Waals surface area contributed by atoms with E-state index >= 15 is 0 Å². The molecule has 0 unspecified atom stereocenters. The van der Waals surface area contributed by atoms with E-state index in [9.17, 15) is 9.59 Å². The number of hydroxylamine groups is 2. The van der Waals surface area contributed by atoms with Crippen molar-refractivity contribution in [3.05, 3.63) is 29.2 Å². The first-order valence-electron chi connectivity index (χ1n) is 5.82. The second-order valence-electron chi connectivity index (χ2n) is 3.96. The van der Waals surface area contributed by atoms with E-state index in [1.54, 1.807) is 0 Å². The maximum atomic E-state index is 11.8. The summed E-state index contributed by atoms with van der Waals surface area (Å²) in [6.07, 6.45) is 1.25. The third kappa shape index (κ3) is 3.30. The molecule has 2 aromatic heterocycles. The van der Waals surface area contributed by atoms with Crippen molar-refractivity contribution in [2.45, 2.75) is 0 Å². The molecule has 2 amide bonds. The summed E-state index contributed by atoms with van der Waals surface area (Å²) in [5.74, 6) is -0.342. The molecule has 0 aromatic carbocycles. The fourth-order valence-electron chi connectivity index (χ4n) is 1.48. The van der Waals surface area contributed by atoms with Gasteiger partial charge in [-0.15, -0.1) is 9.90 Å². The molecule has 0 aliphatic carbocycles. The summed E-state index contributed by atoms with van der Waals surface area (Å²) in [5.41, 5.74) is 0.235. The van der Waals surface area contributed by atoms with Crippen molar-refractivity contribution in [3.8, 4) is 5.82 Å². The molecular formula is C11H11ClN6O4. The van der Waals surface area contributed by atoms with Crippen LogP contribution in [-0.2, 0) is 4.84 Å². The lowest BCUT2D eigenvalue weighted by atomic mass is 10.4. The molecule has 0 fully saturated rings. The lowest BCUT2D eigenvalue weighted by molar-refractivity contribution is -0.0760. The highest BCUT2D eigenvalue weighted by Gasteiger charge is 2.17. The molecule has 0 atom stereocenters. The van der Waals surface area contributed by atoms with Crippen molar-refractivity contribution in [2.24, 2.45) is 0 Å². The van der Waals surface area contributed by atoms with Gasteiger partial charge in [0.1, 0.15) is 0 Å². The smallest absolute Gasteiger partial charge is 0.409 e. The van der Waals surface area contributed by atoms with E-state index in [0.29, 0.717) is 0 Å². The first kappa shape index (κ1) is 15.7. The summed E-state index contributed by atoms with van der Waals surface area (Å²) in [4.78, 5) is 32.2. The number of halogens is 1.